The van der Waals surface area contributed by atoms with E-state index in [9.17, 15) is 9.18 Å². The maximum atomic E-state index is 13.3. The van der Waals surface area contributed by atoms with Gasteiger partial charge in [0.25, 0.3) is 5.91 Å². The molecule has 5 nitrogen and oxygen atoms in total. The second kappa shape index (κ2) is 6.35. The number of halogens is 1. The Morgan fingerprint density at radius 2 is 2.32 bits per heavy atom. The van der Waals surface area contributed by atoms with Crippen LogP contribution >= 0.6 is 11.3 Å². The lowest BCUT2D eigenvalue weighted by Crippen LogP contribution is -2.23. The molecule has 0 radical (unpaired) electrons. The molecule has 0 atom stereocenters. The van der Waals surface area contributed by atoms with Gasteiger partial charge < -0.3 is 11.1 Å². The van der Waals surface area contributed by atoms with Crippen LogP contribution in [0.1, 0.15) is 20.4 Å². The number of carbonyl (C=O) groups excluding carboxylic acids is 1. The van der Waals surface area contributed by atoms with Gasteiger partial charge in [-0.25, -0.2) is 9.37 Å². The van der Waals surface area contributed by atoms with Crippen molar-refractivity contribution in [1.82, 2.24) is 15.3 Å². The molecule has 0 saturated carbocycles. The van der Waals surface area contributed by atoms with Gasteiger partial charge in [0.2, 0.25) is 0 Å². The van der Waals surface area contributed by atoms with E-state index in [0.717, 1.165) is 5.01 Å². The number of rotatable bonds is 5. The Morgan fingerprint density at radius 3 is 3.05 bits per heavy atom. The largest absolute Gasteiger partial charge is 0.346 e. The van der Waals surface area contributed by atoms with E-state index in [2.05, 4.69) is 15.3 Å². The van der Waals surface area contributed by atoms with Gasteiger partial charge in [-0.3, -0.25) is 9.78 Å². The van der Waals surface area contributed by atoms with Crippen LogP contribution in [0.25, 0.3) is 0 Å². The van der Waals surface area contributed by atoms with E-state index in [0.29, 0.717) is 17.8 Å². The predicted octanol–water partition coefficient (Wildman–Crippen LogP) is 1.11. The molecule has 2 heterocycles. The van der Waals surface area contributed by atoms with Crippen LogP contribution in [0.5, 0.6) is 0 Å². The van der Waals surface area contributed by atoms with Gasteiger partial charge in [0.05, 0.1) is 23.4 Å². The molecule has 0 fully saturated rings. The molecule has 0 unspecified atom stereocenters. The number of nitrogens with one attached hydrogen (secondary N) is 1. The molecule has 1 amide bonds. The first-order valence-electron chi connectivity index (χ1n) is 5.73. The minimum atomic E-state index is -0.434. The average Bonchev–Trinajstić information content (AvgIpc) is 2.87. The van der Waals surface area contributed by atoms with Crippen LogP contribution in [0.3, 0.4) is 0 Å². The van der Waals surface area contributed by atoms with E-state index >= 15 is 0 Å². The van der Waals surface area contributed by atoms with Gasteiger partial charge in [-0.15, -0.1) is 11.3 Å². The van der Waals surface area contributed by atoms with Crippen LogP contribution in [0.4, 0.5) is 4.39 Å². The zero-order chi connectivity index (χ0) is 13.7. The lowest BCUT2D eigenvalue weighted by atomic mass is 10.3. The quantitative estimate of drug-likeness (QED) is 0.859. The second-order valence-corrected chi connectivity index (χ2v) is 4.89. The van der Waals surface area contributed by atoms with Crippen LogP contribution in [0, 0.1) is 5.82 Å². The summed E-state index contributed by atoms with van der Waals surface area (Å²) in [7, 11) is 0. The summed E-state index contributed by atoms with van der Waals surface area (Å²) in [5.74, 6) is -0.721. The summed E-state index contributed by atoms with van der Waals surface area (Å²) in [6.45, 7) is 0.545. The Balaban J connectivity index is 1.95. The third kappa shape index (κ3) is 3.55. The van der Waals surface area contributed by atoms with E-state index in [1.807, 2.05) is 0 Å². The van der Waals surface area contributed by atoms with E-state index in [1.165, 1.54) is 35.9 Å². The van der Waals surface area contributed by atoms with Crippen molar-refractivity contribution in [2.45, 2.75) is 13.0 Å². The molecule has 19 heavy (non-hydrogen) atoms. The van der Waals surface area contributed by atoms with Gasteiger partial charge in [-0.1, -0.05) is 0 Å². The van der Waals surface area contributed by atoms with E-state index in [-0.39, 0.29) is 18.1 Å². The molecule has 0 aliphatic heterocycles. The summed E-state index contributed by atoms with van der Waals surface area (Å²) in [6.07, 6.45) is 3.63. The Labute approximate surface area is 113 Å². The summed E-state index contributed by atoms with van der Waals surface area (Å²) in [5, 5.41) is 3.43. The van der Waals surface area contributed by atoms with Crippen molar-refractivity contribution in [3.05, 3.63) is 45.9 Å². The molecular weight excluding hydrogens is 267 g/mol. The van der Waals surface area contributed by atoms with Gasteiger partial charge in [0, 0.05) is 12.6 Å². The minimum absolute atomic E-state index is 0.0512. The molecular formula is C12H13FN4OS. The van der Waals surface area contributed by atoms with Crippen molar-refractivity contribution in [3.63, 3.8) is 0 Å². The Hall–Kier alpha value is -1.86. The fourth-order valence-corrected chi connectivity index (χ4v) is 2.30. The summed E-state index contributed by atoms with van der Waals surface area (Å²) in [6, 6.07) is 2.81. The van der Waals surface area contributed by atoms with E-state index in [1.54, 1.807) is 0 Å². The third-order valence-electron chi connectivity index (χ3n) is 2.39. The molecule has 2 rings (SSSR count). The number of thiazole rings is 1. The van der Waals surface area contributed by atoms with Crippen molar-refractivity contribution >= 4 is 17.2 Å². The molecule has 2 aromatic rings. The smallest absolute Gasteiger partial charge is 0.263 e. The Bertz CT molecular complexity index is 572. The highest BCUT2D eigenvalue weighted by Gasteiger charge is 2.11. The van der Waals surface area contributed by atoms with Crippen LogP contribution < -0.4 is 11.1 Å². The number of pyridine rings is 1. The van der Waals surface area contributed by atoms with E-state index < -0.39 is 5.82 Å². The predicted molar refractivity (Wildman–Crippen MR) is 70.2 cm³/mol. The van der Waals surface area contributed by atoms with Crippen LogP contribution in [-0.4, -0.2) is 22.4 Å². The summed E-state index contributed by atoms with van der Waals surface area (Å²) < 4.78 is 13.3. The number of nitrogens with zero attached hydrogens (tertiary/aromatic N) is 2. The molecule has 0 bridgehead atoms. The van der Waals surface area contributed by atoms with E-state index in [4.69, 9.17) is 5.73 Å². The molecule has 100 valence electrons. The standard InChI is InChI=1S/C12H13FN4OS/c13-8-2-1-5-15-9(8)6-17-12(18)10-7-16-11(19-10)3-4-14/h1-2,5,7H,3-4,6,14H2,(H,17,18). The normalized spacial score (nSPS) is 10.4. The van der Waals surface area contributed by atoms with Crippen molar-refractivity contribution in [2.75, 3.05) is 6.54 Å². The number of aromatic nitrogens is 2. The molecule has 7 heteroatoms. The number of hydrogen-bond donors (Lipinski definition) is 2. The summed E-state index contributed by atoms with van der Waals surface area (Å²) in [4.78, 5) is 20.3. The highest BCUT2D eigenvalue weighted by molar-refractivity contribution is 7.13. The second-order valence-electron chi connectivity index (χ2n) is 3.77. The molecule has 2 aromatic heterocycles. The first kappa shape index (κ1) is 13.6. The average molecular weight is 280 g/mol. The van der Waals surface area contributed by atoms with Crippen molar-refractivity contribution in [3.8, 4) is 0 Å². The van der Waals surface area contributed by atoms with Crippen LogP contribution in [0.15, 0.2) is 24.5 Å². The molecule has 0 aliphatic carbocycles. The maximum Gasteiger partial charge on any atom is 0.263 e. The zero-order valence-corrected chi connectivity index (χ0v) is 10.9. The Kier molecular flexibility index (Phi) is 4.53. The maximum absolute atomic E-state index is 13.3. The summed E-state index contributed by atoms with van der Waals surface area (Å²) in [5.41, 5.74) is 5.62. The highest BCUT2D eigenvalue weighted by Crippen LogP contribution is 2.13. The van der Waals surface area contributed by atoms with Gasteiger partial charge >= 0.3 is 0 Å². The van der Waals surface area contributed by atoms with Gasteiger partial charge in [-0.2, -0.15) is 0 Å². The van der Waals surface area contributed by atoms with Crippen molar-refractivity contribution in [1.29, 1.82) is 0 Å². The van der Waals surface area contributed by atoms with Gasteiger partial charge in [0.15, 0.2) is 0 Å². The topological polar surface area (TPSA) is 80.9 Å². The monoisotopic (exact) mass is 280 g/mol. The zero-order valence-electron chi connectivity index (χ0n) is 10.1. The fourth-order valence-electron chi connectivity index (χ4n) is 1.45. The third-order valence-corrected chi connectivity index (χ3v) is 3.44. The molecule has 0 saturated heterocycles. The number of hydrogen-bond acceptors (Lipinski definition) is 5. The highest BCUT2D eigenvalue weighted by atomic mass is 32.1. The molecule has 3 N–H and O–H groups in total. The lowest BCUT2D eigenvalue weighted by Gasteiger charge is -2.03. The van der Waals surface area contributed by atoms with Crippen LogP contribution in [0.2, 0.25) is 0 Å². The van der Waals surface area contributed by atoms with Crippen molar-refractivity contribution in [2.24, 2.45) is 5.73 Å². The van der Waals surface area contributed by atoms with Crippen LogP contribution in [-0.2, 0) is 13.0 Å². The molecule has 0 aromatic carbocycles. The lowest BCUT2D eigenvalue weighted by molar-refractivity contribution is 0.0954. The number of nitrogens with two attached hydrogens (primary N) is 1. The van der Waals surface area contributed by atoms with Crippen molar-refractivity contribution < 1.29 is 9.18 Å². The first-order chi connectivity index (χ1) is 9.20. The SMILES string of the molecule is NCCc1ncc(C(=O)NCc2ncccc2F)s1. The van der Waals surface area contributed by atoms with Gasteiger partial charge in [0.1, 0.15) is 10.7 Å². The minimum Gasteiger partial charge on any atom is -0.346 e. The summed E-state index contributed by atoms with van der Waals surface area (Å²) >= 11 is 1.29. The molecule has 0 aliphatic rings. The first-order valence-corrected chi connectivity index (χ1v) is 6.54. The number of amides is 1. The number of carbonyl (C=O) groups is 1. The fraction of sp³-hybridized carbons (Fsp3) is 0.250. The van der Waals surface area contributed by atoms with Gasteiger partial charge in [-0.05, 0) is 18.7 Å². The Morgan fingerprint density at radius 1 is 1.47 bits per heavy atom. The molecule has 0 spiro atoms.